The lowest BCUT2D eigenvalue weighted by Gasteiger charge is -2.17. The molecule has 8 nitrogen and oxygen atoms in total. The second-order valence-electron chi connectivity index (χ2n) is 7.78. The average Bonchev–Trinajstić information content (AvgIpc) is 3.32. The fourth-order valence-corrected chi connectivity index (χ4v) is 3.73. The number of methoxy groups -OCH3 is 4. The summed E-state index contributed by atoms with van der Waals surface area (Å²) in [5.74, 6) is 3.50. The van der Waals surface area contributed by atoms with Crippen LogP contribution in [0.1, 0.15) is 25.3 Å². The highest BCUT2D eigenvalue weighted by atomic mass is 16.5. The van der Waals surface area contributed by atoms with Crippen LogP contribution < -0.4 is 24.3 Å². The molecule has 0 aliphatic heterocycles. The van der Waals surface area contributed by atoms with E-state index < -0.39 is 0 Å². The van der Waals surface area contributed by atoms with Gasteiger partial charge in [0.15, 0.2) is 17.1 Å². The Balaban J connectivity index is 1.85. The fraction of sp³-hybridized carbons (Fsp3) is 0.280. The minimum absolute atomic E-state index is 0.380. The summed E-state index contributed by atoms with van der Waals surface area (Å²) in [6.45, 7) is 4.33. The van der Waals surface area contributed by atoms with Gasteiger partial charge in [-0.15, -0.1) is 0 Å². The maximum Gasteiger partial charge on any atom is 0.203 e. The average molecular weight is 449 g/mol. The Labute approximate surface area is 193 Å². The van der Waals surface area contributed by atoms with E-state index in [9.17, 15) is 0 Å². The molecule has 8 heteroatoms. The van der Waals surface area contributed by atoms with Crippen LogP contribution in [0, 0.1) is 0 Å². The normalized spacial score (nSPS) is 11.0. The number of nitrogens with one attached hydrogen (secondary N) is 1. The molecule has 0 saturated carbocycles. The molecule has 2 aromatic heterocycles. The van der Waals surface area contributed by atoms with E-state index >= 15 is 0 Å². The van der Waals surface area contributed by atoms with Crippen LogP contribution in [-0.4, -0.2) is 43.0 Å². The summed E-state index contributed by atoms with van der Waals surface area (Å²) in [7, 11) is 6.42. The molecule has 0 aliphatic carbocycles. The van der Waals surface area contributed by atoms with Gasteiger partial charge in [0.25, 0.3) is 0 Å². The fourth-order valence-electron chi connectivity index (χ4n) is 3.73. The van der Waals surface area contributed by atoms with Crippen LogP contribution in [-0.2, 0) is 0 Å². The van der Waals surface area contributed by atoms with Gasteiger partial charge in [-0.05, 0) is 23.6 Å². The monoisotopic (exact) mass is 448 g/mol. The van der Waals surface area contributed by atoms with E-state index in [4.69, 9.17) is 23.9 Å². The summed E-state index contributed by atoms with van der Waals surface area (Å²) in [6, 6.07) is 13.7. The third-order valence-corrected chi connectivity index (χ3v) is 5.46. The zero-order valence-electron chi connectivity index (χ0n) is 19.7. The van der Waals surface area contributed by atoms with Crippen LogP contribution in [0.25, 0.3) is 16.9 Å². The Hall–Kier alpha value is -3.94. The van der Waals surface area contributed by atoms with Gasteiger partial charge in [-0.2, -0.15) is 9.61 Å². The zero-order valence-corrected chi connectivity index (χ0v) is 19.7. The Morgan fingerprint density at radius 3 is 2.12 bits per heavy atom. The van der Waals surface area contributed by atoms with Crippen molar-refractivity contribution in [2.75, 3.05) is 33.8 Å². The van der Waals surface area contributed by atoms with Crippen molar-refractivity contribution in [3.63, 3.8) is 0 Å². The van der Waals surface area contributed by atoms with E-state index in [0.29, 0.717) is 28.8 Å². The molecule has 0 saturated heterocycles. The summed E-state index contributed by atoms with van der Waals surface area (Å²) in [5, 5.41) is 7.85. The smallest absolute Gasteiger partial charge is 0.203 e. The standard InChI is InChI=1S/C25H28N4O4/c1-15(2)16-7-8-20(30-3)18(11-16)19-14-24(29-23(28-19)9-10-26-29)27-17-12-21(31-4)25(33-6)22(13-17)32-5/h7-15,27H,1-6H3. The van der Waals surface area contributed by atoms with Gasteiger partial charge in [0, 0.05) is 35.5 Å². The highest BCUT2D eigenvalue weighted by Crippen LogP contribution is 2.41. The first-order valence-corrected chi connectivity index (χ1v) is 10.6. The van der Waals surface area contributed by atoms with Crippen molar-refractivity contribution in [3.05, 3.63) is 54.2 Å². The highest BCUT2D eigenvalue weighted by Gasteiger charge is 2.17. The number of hydrogen-bond acceptors (Lipinski definition) is 7. The number of anilines is 2. The van der Waals surface area contributed by atoms with Gasteiger partial charge < -0.3 is 24.3 Å². The van der Waals surface area contributed by atoms with E-state index in [2.05, 4.69) is 36.4 Å². The molecule has 33 heavy (non-hydrogen) atoms. The van der Waals surface area contributed by atoms with Crippen LogP contribution >= 0.6 is 0 Å². The van der Waals surface area contributed by atoms with Crippen molar-refractivity contribution in [1.29, 1.82) is 0 Å². The molecule has 2 aromatic carbocycles. The molecule has 0 spiro atoms. The lowest BCUT2D eigenvalue weighted by Crippen LogP contribution is -2.04. The molecule has 0 atom stereocenters. The third-order valence-electron chi connectivity index (χ3n) is 5.46. The van der Waals surface area contributed by atoms with Crippen molar-refractivity contribution in [1.82, 2.24) is 14.6 Å². The molecule has 2 heterocycles. The van der Waals surface area contributed by atoms with Crippen molar-refractivity contribution in [2.24, 2.45) is 0 Å². The Morgan fingerprint density at radius 2 is 1.52 bits per heavy atom. The summed E-state index contributed by atoms with van der Waals surface area (Å²) in [5.41, 5.74) is 4.36. The predicted molar refractivity (Wildman–Crippen MR) is 128 cm³/mol. The lowest BCUT2D eigenvalue weighted by molar-refractivity contribution is 0.324. The van der Waals surface area contributed by atoms with Crippen LogP contribution in [0.4, 0.5) is 11.5 Å². The number of aromatic nitrogens is 3. The summed E-state index contributed by atoms with van der Waals surface area (Å²) in [6.07, 6.45) is 1.72. The van der Waals surface area contributed by atoms with Crippen LogP contribution in [0.2, 0.25) is 0 Å². The number of rotatable bonds is 8. The van der Waals surface area contributed by atoms with Crippen molar-refractivity contribution >= 4 is 17.2 Å². The number of benzene rings is 2. The van der Waals surface area contributed by atoms with Gasteiger partial charge in [0.2, 0.25) is 5.75 Å². The van der Waals surface area contributed by atoms with Crippen LogP contribution in [0.5, 0.6) is 23.0 Å². The van der Waals surface area contributed by atoms with E-state index in [1.807, 2.05) is 30.3 Å². The van der Waals surface area contributed by atoms with Gasteiger partial charge in [-0.1, -0.05) is 19.9 Å². The van der Waals surface area contributed by atoms with Crippen molar-refractivity contribution in [3.8, 4) is 34.3 Å². The molecular weight excluding hydrogens is 420 g/mol. The Morgan fingerprint density at radius 1 is 0.818 bits per heavy atom. The van der Waals surface area contributed by atoms with E-state index in [1.54, 1.807) is 39.2 Å². The Bertz CT molecular complexity index is 1260. The van der Waals surface area contributed by atoms with Gasteiger partial charge in [0.1, 0.15) is 11.6 Å². The van der Waals surface area contributed by atoms with E-state index in [-0.39, 0.29) is 0 Å². The molecule has 0 bridgehead atoms. The molecule has 1 N–H and O–H groups in total. The second kappa shape index (κ2) is 9.28. The quantitative estimate of drug-likeness (QED) is 0.392. The van der Waals surface area contributed by atoms with Crippen molar-refractivity contribution < 1.29 is 18.9 Å². The summed E-state index contributed by atoms with van der Waals surface area (Å²) < 4.78 is 23.8. The molecule has 0 radical (unpaired) electrons. The molecular formula is C25H28N4O4. The maximum absolute atomic E-state index is 5.64. The largest absolute Gasteiger partial charge is 0.496 e. The van der Waals surface area contributed by atoms with Crippen molar-refractivity contribution in [2.45, 2.75) is 19.8 Å². The minimum atomic E-state index is 0.380. The molecule has 4 aromatic rings. The van der Waals surface area contributed by atoms with Gasteiger partial charge in [-0.3, -0.25) is 0 Å². The first-order chi connectivity index (χ1) is 16.0. The topological polar surface area (TPSA) is 79.1 Å². The number of fused-ring (bicyclic) bond motifs is 1. The van der Waals surface area contributed by atoms with E-state index in [0.717, 1.165) is 28.5 Å². The zero-order chi connectivity index (χ0) is 23.5. The second-order valence-corrected chi connectivity index (χ2v) is 7.78. The summed E-state index contributed by atoms with van der Waals surface area (Å²) in [4.78, 5) is 4.82. The lowest BCUT2D eigenvalue weighted by atomic mass is 9.98. The minimum Gasteiger partial charge on any atom is -0.496 e. The van der Waals surface area contributed by atoms with Crippen LogP contribution in [0.3, 0.4) is 0 Å². The van der Waals surface area contributed by atoms with Gasteiger partial charge in [0.05, 0.1) is 40.3 Å². The number of hydrogen-bond donors (Lipinski definition) is 1. The highest BCUT2D eigenvalue weighted by molar-refractivity contribution is 5.75. The first kappa shape index (κ1) is 22.3. The molecule has 0 fully saturated rings. The Kier molecular flexibility index (Phi) is 6.26. The summed E-state index contributed by atoms with van der Waals surface area (Å²) >= 11 is 0. The third kappa shape index (κ3) is 4.24. The van der Waals surface area contributed by atoms with Crippen LogP contribution in [0.15, 0.2) is 48.7 Å². The number of ether oxygens (including phenoxy) is 4. The predicted octanol–water partition coefficient (Wildman–Crippen LogP) is 5.30. The molecule has 0 unspecified atom stereocenters. The SMILES string of the molecule is COc1ccc(C(C)C)cc1-c1cc(Nc2cc(OC)c(OC)c(OC)c2)n2nccc2n1. The maximum atomic E-state index is 5.64. The van der Waals surface area contributed by atoms with Gasteiger partial charge in [-0.25, -0.2) is 4.98 Å². The molecule has 4 rings (SSSR count). The van der Waals surface area contributed by atoms with Gasteiger partial charge >= 0.3 is 0 Å². The first-order valence-electron chi connectivity index (χ1n) is 10.6. The molecule has 0 aliphatic rings. The molecule has 172 valence electrons. The number of nitrogens with zero attached hydrogens (tertiary/aromatic N) is 3. The van der Waals surface area contributed by atoms with E-state index in [1.165, 1.54) is 5.56 Å². The molecule has 0 amide bonds.